The number of amides is 1. The van der Waals surface area contributed by atoms with Crippen LogP contribution in [0.3, 0.4) is 0 Å². The molecular formula is C26H24N4O2S. The molecule has 166 valence electrons. The van der Waals surface area contributed by atoms with E-state index in [0.717, 1.165) is 39.8 Å². The maximum Gasteiger partial charge on any atom is 0.271 e. The summed E-state index contributed by atoms with van der Waals surface area (Å²) in [7, 11) is 0. The first-order chi connectivity index (χ1) is 16.2. The lowest BCUT2D eigenvalue weighted by atomic mass is 10.1. The van der Waals surface area contributed by atoms with Crippen LogP contribution < -0.4 is 15.5 Å². The van der Waals surface area contributed by atoms with Crippen molar-refractivity contribution in [2.24, 2.45) is 5.10 Å². The number of anilines is 2. The normalized spacial score (nSPS) is 10.8. The molecule has 0 saturated heterocycles. The number of para-hydroxylation sites is 2. The molecular weight excluding hydrogens is 432 g/mol. The lowest BCUT2D eigenvalue weighted by Crippen LogP contribution is -2.17. The van der Waals surface area contributed by atoms with Crippen LogP contribution in [0, 0.1) is 0 Å². The maximum absolute atomic E-state index is 12.5. The van der Waals surface area contributed by atoms with E-state index in [9.17, 15) is 4.79 Å². The minimum Gasteiger partial charge on any atom is -0.493 e. The van der Waals surface area contributed by atoms with Crippen LogP contribution in [0.4, 0.5) is 10.8 Å². The molecule has 1 amide bonds. The fourth-order valence-electron chi connectivity index (χ4n) is 3.06. The van der Waals surface area contributed by atoms with Crippen LogP contribution >= 0.6 is 11.3 Å². The highest BCUT2D eigenvalue weighted by Gasteiger charge is 2.08. The van der Waals surface area contributed by atoms with Gasteiger partial charge in [-0.15, -0.1) is 11.3 Å². The highest BCUT2D eigenvalue weighted by Crippen LogP contribution is 2.27. The summed E-state index contributed by atoms with van der Waals surface area (Å²) in [6, 6.07) is 24.8. The number of nitrogens with zero attached hydrogens (tertiary/aromatic N) is 2. The van der Waals surface area contributed by atoms with Gasteiger partial charge in [-0.1, -0.05) is 49.4 Å². The van der Waals surface area contributed by atoms with Gasteiger partial charge in [0.25, 0.3) is 5.91 Å². The van der Waals surface area contributed by atoms with Crippen LogP contribution in [0.5, 0.6) is 5.75 Å². The van der Waals surface area contributed by atoms with Crippen molar-refractivity contribution in [1.29, 1.82) is 0 Å². The summed E-state index contributed by atoms with van der Waals surface area (Å²) in [5, 5.41) is 10.2. The van der Waals surface area contributed by atoms with Crippen molar-refractivity contribution in [3.8, 4) is 17.0 Å². The third-order valence-electron chi connectivity index (χ3n) is 4.72. The molecule has 0 saturated carbocycles. The van der Waals surface area contributed by atoms with E-state index in [4.69, 9.17) is 4.74 Å². The van der Waals surface area contributed by atoms with E-state index < -0.39 is 0 Å². The molecule has 0 unspecified atom stereocenters. The average Bonchev–Trinajstić information content (AvgIpc) is 3.32. The Morgan fingerprint density at radius 1 is 1.03 bits per heavy atom. The van der Waals surface area contributed by atoms with Crippen LogP contribution in [-0.2, 0) is 0 Å². The Bertz CT molecular complexity index is 1220. The molecule has 2 N–H and O–H groups in total. The van der Waals surface area contributed by atoms with Gasteiger partial charge in [-0.3, -0.25) is 4.79 Å². The second kappa shape index (κ2) is 11.1. The zero-order chi connectivity index (χ0) is 22.9. The number of hydrogen-bond donors (Lipinski definition) is 2. The van der Waals surface area contributed by atoms with Crippen LogP contribution in [0.15, 0.2) is 89.3 Å². The Labute approximate surface area is 197 Å². The van der Waals surface area contributed by atoms with E-state index in [1.807, 2.05) is 72.1 Å². The van der Waals surface area contributed by atoms with Gasteiger partial charge in [-0.05, 0) is 42.8 Å². The largest absolute Gasteiger partial charge is 0.493 e. The number of benzene rings is 3. The third-order valence-corrected chi connectivity index (χ3v) is 5.48. The molecule has 0 spiro atoms. The predicted molar refractivity (Wildman–Crippen MR) is 135 cm³/mol. The van der Waals surface area contributed by atoms with E-state index in [1.54, 1.807) is 18.3 Å². The van der Waals surface area contributed by atoms with Crippen LogP contribution in [0.1, 0.15) is 29.3 Å². The summed E-state index contributed by atoms with van der Waals surface area (Å²) >= 11 is 1.53. The van der Waals surface area contributed by atoms with Gasteiger partial charge in [-0.25, -0.2) is 10.4 Å². The van der Waals surface area contributed by atoms with Gasteiger partial charge in [0.05, 0.1) is 18.5 Å². The molecule has 0 fully saturated rings. The van der Waals surface area contributed by atoms with Crippen LogP contribution in [0.2, 0.25) is 0 Å². The van der Waals surface area contributed by atoms with Crippen molar-refractivity contribution in [2.45, 2.75) is 13.3 Å². The first-order valence-electron chi connectivity index (χ1n) is 10.7. The monoisotopic (exact) mass is 456 g/mol. The number of aromatic nitrogens is 1. The minimum absolute atomic E-state index is 0.283. The lowest BCUT2D eigenvalue weighted by Gasteiger charge is -2.07. The maximum atomic E-state index is 12.5. The van der Waals surface area contributed by atoms with Gasteiger partial charge >= 0.3 is 0 Å². The molecule has 4 aromatic rings. The standard InChI is InChI=1S/C26H24N4O2S/c1-2-16-32-24-11-7-6-8-21(24)17-27-30-25(31)20-14-12-19(13-15-20)23-18-33-26(29-23)28-22-9-4-3-5-10-22/h3-15,17-18H,2,16H2,1H3,(H,28,29)(H,30,31)/b27-17-. The summed E-state index contributed by atoms with van der Waals surface area (Å²) in [4.78, 5) is 17.1. The molecule has 1 heterocycles. The summed E-state index contributed by atoms with van der Waals surface area (Å²) in [5.41, 5.74) is 6.69. The van der Waals surface area contributed by atoms with E-state index >= 15 is 0 Å². The van der Waals surface area contributed by atoms with Gasteiger partial charge in [0.15, 0.2) is 5.13 Å². The minimum atomic E-state index is -0.283. The molecule has 33 heavy (non-hydrogen) atoms. The zero-order valence-corrected chi connectivity index (χ0v) is 19.0. The molecule has 4 rings (SSSR count). The highest BCUT2D eigenvalue weighted by atomic mass is 32.1. The lowest BCUT2D eigenvalue weighted by molar-refractivity contribution is 0.0955. The quantitative estimate of drug-likeness (QED) is 0.235. The first-order valence-corrected chi connectivity index (χ1v) is 11.5. The van der Waals surface area contributed by atoms with Crippen molar-refractivity contribution in [2.75, 3.05) is 11.9 Å². The molecule has 0 bridgehead atoms. The molecule has 0 atom stereocenters. The van der Waals surface area contributed by atoms with Gasteiger partial charge in [-0.2, -0.15) is 5.10 Å². The van der Waals surface area contributed by atoms with Crippen molar-refractivity contribution >= 4 is 34.3 Å². The van der Waals surface area contributed by atoms with Crippen molar-refractivity contribution in [3.05, 3.63) is 95.4 Å². The number of carbonyl (C=O) groups is 1. The Morgan fingerprint density at radius 3 is 2.58 bits per heavy atom. The Morgan fingerprint density at radius 2 is 1.79 bits per heavy atom. The van der Waals surface area contributed by atoms with E-state index in [2.05, 4.69) is 27.8 Å². The van der Waals surface area contributed by atoms with E-state index in [0.29, 0.717) is 12.2 Å². The molecule has 0 radical (unpaired) electrons. The van der Waals surface area contributed by atoms with Crippen molar-refractivity contribution in [1.82, 2.24) is 10.4 Å². The summed E-state index contributed by atoms with van der Waals surface area (Å²) in [6.45, 7) is 2.68. The number of rotatable bonds is 9. The van der Waals surface area contributed by atoms with Crippen LogP contribution in [-0.4, -0.2) is 23.7 Å². The third kappa shape index (κ3) is 6.05. The molecule has 0 aliphatic heterocycles. The average molecular weight is 457 g/mol. The van der Waals surface area contributed by atoms with Gasteiger partial charge in [0.2, 0.25) is 0 Å². The second-order valence-corrected chi connectivity index (χ2v) is 8.05. The Hall–Kier alpha value is -3.97. The molecule has 0 aliphatic carbocycles. The van der Waals surface area contributed by atoms with Gasteiger partial charge in [0.1, 0.15) is 5.75 Å². The highest BCUT2D eigenvalue weighted by molar-refractivity contribution is 7.14. The van der Waals surface area contributed by atoms with E-state index in [1.165, 1.54) is 11.3 Å². The smallest absolute Gasteiger partial charge is 0.271 e. The summed E-state index contributed by atoms with van der Waals surface area (Å²) in [5.74, 6) is 0.459. The van der Waals surface area contributed by atoms with Crippen molar-refractivity contribution in [3.63, 3.8) is 0 Å². The van der Waals surface area contributed by atoms with Gasteiger partial charge < -0.3 is 10.1 Å². The SMILES string of the molecule is CCCOc1ccccc1/C=N\NC(=O)c1ccc(-c2csc(Nc3ccccc3)n2)cc1. The number of nitrogens with one attached hydrogen (secondary N) is 2. The Kier molecular flexibility index (Phi) is 7.45. The van der Waals surface area contributed by atoms with E-state index in [-0.39, 0.29) is 5.91 Å². The number of thiazole rings is 1. The van der Waals surface area contributed by atoms with Crippen molar-refractivity contribution < 1.29 is 9.53 Å². The topological polar surface area (TPSA) is 75.6 Å². The number of carbonyl (C=O) groups excluding carboxylic acids is 1. The Balaban J connectivity index is 1.37. The fraction of sp³-hybridized carbons (Fsp3) is 0.115. The molecule has 3 aromatic carbocycles. The van der Waals surface area contributed by atoms with Crippen LogP contribution in [0.25, 0.3) is 11.3 Å². The predicted octanol–water partition coefficient (Wildman–Crippen LogP) is 6.11. The summed E-state index contributed by atoms with van der Waals surface area (Å²) < 4.78 is 5.71. The molecule has 7 heteroatoms. The molecule has 6 nitrogen and oxygen atoms in total. The number of ether oxygens (including phenoxy) is 1. The number of hydrogen-bond acceptors (Lipinski definition) is 6. The van der Waals surface area contributed by atoms with Gasteiger partial charge in [0, 0.05) is 27.8 Å². The fourth-order valence-corrected chi connectivity index (χ4v) is 3.80. The zero-order valence-electron chi connectivity index (χ0n) is 18.2. The molecule has 1 aromatic heterocycles. The second-order valence-electron chi connectivity index (χ2n) is 7.19. The number of hydrazone groups is 1. The molecule has 0 aliphatic rings. The summed E-state index contributed by atoms with van der Waals surface area (Å²) in [6.07, 6.45) is 2.51. The first kappa shape index (κ1) is 22.2.